The second kappa shape index (κ2) is 25.8. The van der Waals surface area contributed by atoms with Gasteiger partial charge in [0.1, 0.15) is 18.0 Å². The van der Waals surface area contributed by atoms with Crippen LogP contribution in [0.15, 0.2) is 24.3 Å². The number of carbonyl (C=O) groups excluding carboxylic acids is 1. The van der Waals surface area contributed by atoms with E-state index in [0.29, 0.717) is 79.2 Å². The lowest BCUT2D eigenvalue weighted by molar-refractivity contribution is -0.0126. The minimum absolute atomic E-state index is 0.394. The van der Waals surface area contributed by atoms with Crippen LogP contribution >= 0.6 is 0 Å². The summed E-state index contributed by atoms with van der Waals surface area (Å²) in [6, 6.07) is 8.43. The molecule has 0 saturated heterocycles. The van der Waals surface area contributed by atoms with Gasteiger partial charge in [-0.15, -0.1) is 0 Å². The van der Waals surface area contributed by atoms with E-state index in [-0.39, 0.29) is 0 Å². The zero-order valence-electron chi connectivity index (χ0n) is 26.2. The average molecular weight is 584 g/mol. The SMILES string of the molecule is CCCCCCCCCc1ccc(OCCOCCOCCOCCOCCOCCNC(=O)OC(C)(C)C)cc1. The minimum Gasteiger partial charge on any atom is -0.491 e. The van der Waals surface area contributed by atoms with Crippen LogP contribution in [-0.2, 0) is 34.8 Å². The highest BCUT2D eigenvalue weighted by atomic mass is 16.6. The van der Waals surface area contributed by atoms with Crippen molar-refractivity contribution in [2.45, 2.75) is 84.7 Å². The summed E-state index contributed by atoms with van der Waals surface area (Å²) >= 11 is 0. The van der Waals surface area contributed by atoms with Gasteiger partial charge in [-0.3, -0.25) is 0 Å². The lowest BCUT2D eigenvalue weighted by atomic mass is 10.0. The van der Waals surface area contributed by atoms with Gasteiger partial charge in [0.2, 0.25) is 0 Å². The summed E-state index contributed by atoms with van der Waals surface area (Å²) in [5, 5.41) is 2.64. The van der Waals surface area contributed by atoms with Crippen molar-refractivity contribution < 1.29 is 38.0 Å². The zero-order valence-corrected chi connectivity index (χ0v) is 26.2. The molecule has 0 radical (unpaired) electrons. The molecule has 0 heterocycles. The number of alkyl carbamates (subject to hydrolysis) is 1. The van der Waals surface area contributed by atoms with Crippen molar-refractivity contribution in [2.75, 3.05) is 79.2 Å². The molecule has 41 heavy (non-hydrogen) atoms. The molecule has 0 atom stereocenters. The highest BCUT2D eigenvalue weighted by Crippen LogP contribution is 2.15. The van der Waals surface area contributed by atoms with E-state index in [9.17, 15) is 4.79 Å². The summed E-state index contributed by atoms with van der Waals surface area (Å²) in [6.45, 7) is 13.6. The second-order valence-corrected chi connectivity index (χ2v) is 10.9. The van der Waals surface area contributed by atoms with Gasteiger partial charge < -0.3 is 38.5 Å². The van der Waals surface area contributed by atoms with Crippen LogP contribution in [0.3, 0.4) is 0 Å². The second-order valence-electron chi connectivity index (χ2n) is 10.9. The fraction of sp³-hybridized carbons (Fsp3) is 0.781. The van der Waals surface area contributed by atoms with E-state index < -0.39 is 11.7 Å². The number of unbranched alkanes of at least 4 members (excludes halogenated alkanes) is 6. The minimum atomic E-state index is -0.502. The van der Waals surface area contributed by atoms with Crippen LogP contribution in [0.5, 0.6) is 5.75 Å². The van der Waals surface area contributed by atoms with Gasteiger partial charge in [0.05, 0.1) is 66.1 Å². The first-order chi connectivity index (χ1) is 19.9. The molecule has 0 bridgehead atoms. The van der Waals surface area contributed by atoms with Crippen molar-refractivity contribution in [1.29, 1.82) is 0 Å². The summed E-state index contributed by atoms with van der Waals surface area (Å²) in [4.78, 5) is 11.5. The number of hydrogen-bond acceptors (Lipinski definition) is 8. The Bertz CT molecular complexity index is 723. The Morgan fingerprint density at radius 2 is 1.10 bits per heavy atom. The van der Waals surface area contributed by atoms with Gasteiger partial charge in [0.25, 0.3) is 0 Å². The van der Waals surface area contributed by atoms with Crippen LogP contribution < -0.4 is 10.1 Å². The maximum absolute atomic E-state index is 11.5. The molecule has 238 valence electrons. The number of aryl methyl sites for hydroxylation is 1. The van der Waals surface area contributed by atoms with Gasteiger partial charge in [-0.2, -0.15) is 0 Å². The Labute approximate surface area is 248 Å². The third-order valence-electron chi connectivity index (χ3n) is 5.89. The molecule has 0 aliphatic heterocycles. The molecule has 9 heteroatoms. The van der Waals surface area contributed by atoms with E-state index in [2.05, 4.69) is 24.4 Å². The predicted octanol–water partition coefficient (Wildman–Crippen LogP) is 5.97. The topological polar surface area (TPSA) is 93.7 Å². The molecular formula is C32H57NO8. The molecule has 0 aromatic heterocycles. The van der Waals surface area contributed by atoms with Crippen LogP contribution in [0.1, 0.15) is 78.2 Å². The maximum Gasteiger partial charge on any atom is 0.407 e. The van der Waals surface area contributed by atoms with Crippen LogP contribution in [0.2, 0.25) is 0 Å². The van der Waals surface area contributed by atoms with Gasteiger partial charge in [-0.25, -0.2) is 4.79 Å². The molecular weight excluding hydrogens is 526 g/mol. The smallest absolute Gasteiger partial charge is 0.407 e. The van der Waals surface area contributed by atoms with Gasteiger partial charge in [0, 0.05) is 6.54 Å². The molecule has 1 amide bonds. The largest absolute Gasteiger partial charge is 0.491 e. The molecule has 1 aromatic carbocycles. The Morgan fingerprint density at radius 1 is 0.634 bits per heavy atom. The Morgan fingerprint density at radius 3 is 1.61 bits per heavy atom. The fourth-order valence-corrected chi connectivity index (χ4v) is 3.78. The van der Waals surface area contributed by atoms with Crippen molar-refractivity contribution in [1.82, 2.24) is 5.32 Å². The Hall–Kier alpha value is -1.91. The highest BCUT2D eigenvalue weighted by Gasteiger charge is 2.15. The summed E-state index contributed by atoms with van der Waals surface area (Å²) < 4.78 is 38.3. The van der Waals surface area contributed by atoms with Crippen LogP contribution in [0.25, 0.3) is 0 Å². The Balaban J connectivity index is 1.79. The summed E-state index contributed by atoms with van der Waals surface area (Å²) in [6.07, 6.45) is 10.1. The molecule has 1 rings (SSSR count). The molecule has 0 aliphatic carbocycles. The van der Waals surface area contributed by atoms with Crippen LogP contribution in [0.4, 0.5) is 4.79 Å². The molecule has 1 aromatic rings. The molecule has 0 spiro atoms. The molecule has 0 unspecified atom stereocenters. The monoisotopic (exact) mass is 583 g/mol. The summed E-state index contributed by atoms with van der Waals surface area (Å²) in [7, 11) is 0. The van der Waals surface area contributed by atoms with Gasteiger partial charge in [0.15, 0.2) is 0 Å². The molecule has 9 nitrogen and oxygen atoms in total. The van der Waals surface area contributed by atoms with Crippen molar-refractivity contribution in [2.24, 2.45) is 0 Å². The van der Waals surface area contributed by atoms with E-state index in [1.807, 2.05) is 32.9 Å². The first-order valence-corrected chi connectivity index (χ1v) is 15.5. The zero-order chi connectivity index (χ0) is 29.9. The highest BCUT2D eigenvalue weighted by molar-refractivity contribution is 5.67. The van der Waals surface area contributed by atoms with Crippen molar-refractivity contribution in [3.05, 3.63) is 29.8 Å². The van der Waals surface area contributed by atoms with Gasteiger partial charge in [-0.05, 0) is 51.3 Å². The average Bonchev–Trinajstić information content (AvgIpc) is 2.93. The van der Waals surface area contributed by atoms with Crippen LogP contribution in [-0.4, -0.2) is 90.9 Å². The van der Waals surface area contributed by atoms with E-state index in [0.717, 1.165) is 12.2 Å². The summed E-state index contributed by atoms with van der Waals surface area (Å²) in [5.41, 5.74) is 0.876. The number of carbonyl (C=O) groups is 1. The van der Waals surface area contributed by atoms with Crippen LogP contribution in [0, 0.1) is 0 Å². The number of nitrogens with one attached hydrogen (secondary N) is 1. The number of amides is 1. The lowest BCUT2D eigenvalue weighted by Crippen LogP contribution is -2.34. The third kappa shape index (κ3) is 25.5. The van der Waals surface area contributed by atoms with Crippen molar-refractivity contribution >= 4 is 6.09 Å². The maximum atomic E-state index is 11.5. The number of hydrogen-bond donors (Lipinski definition) is 1. The predicted molar refractivity (Wildman–Crippen MR) is 162 cm³/mol. The quantitative estimate of drug-likeness (QED) is 0.127. The molecule has 0 aliphatic rings. The third-order valence-corrected chi connectivity index (χ3v) is 5.89. The Kier molecular flexibility index (Phi) is 23.3. The number of rotatable bonds is 27. The van der Waals surface area contributed by atoms with E-state index in [4.69, 9.17) is 33.2 Å². The van der Waals surface area contributed by atoms with E-state index in [1.54, 1.807) is 0 Å². The normalized spacial score (nSPS) is 11.5. The van der Waals surface area contributed by atoms with E-state index >= 15 is 0 Å². The summed E-state index contributed by atoms with van der Waals surface area (Å²) in [5.74, 6) is 0.884. The van der Waals surface area contributed by atoms with Gasteiger partial charge >= 0.3 is 6.09 Å². The standard InChI is InChI=1S/C32H57NO8/c1-5-6-7-8-9-10-11-12-29-13-15-30(16-14-29)40-28-27-39-26-25-38-24-23-37-22-21-36-20-19-35-18-17-33-31(34)41-32(2,3)4/h13-16H,5-12,17-28H2,1-4H3,(H,33,34). The number of ether oxygens (including phenoxy) is 7. The van der Waals surface area contributed by atoms with Gasteiger partial charge in [-0.1, -0.05) is 57.6 Å². The molecule has 0 saturated carbocycles. The van der Waals surface area contributed by atoms with Crippen molar-refractivity contribution in [3.63, 3.8) is 0 Å². The first kappa shape index (κ1) is 37.1. The fourth-order valence-electron chi connectivity index (χ4n) is 3.78. The molecule has 0 fully saturated rings. The lowest BCUT2D eigenvalue weighted by Gasteiger charge is -2.19. The number of benzene rings is 1. The first-order valence-electron chi connectivity index (χ1n) is 15.5. The van der Waals surface area contributed by atoms with E-state index in [1.165, 1.54) is 50.5 Å². The van der Waals surface area contributed by atoms with Crippen molar-refractivity contribution in [3.8, 4) is 5.75 Å². The molecule has 1 N–H and O–H groups in total.